The van der Waals surface area contributed by atoms with Crippen molar-refractivity contribution >= 4 is 16.8 Å². The number of aromatic nitrogens is 2. The lowest BCUT2D eigenvalue weighted by molar-refractivity contribution is -0.137. The fourth-order valence-corrected chi connectivity index (χ4v) is 4.42. The van der Waals surface area contributed by atoms with E-state index in [1.165, 1.54) is 28.7 Å². The molecule has 1 aromatic heterocycles. The number of halogens is 3. The third-order valence-corrected chi connectivity index (χ3v) is 6.23. The number of amides is 1. The van der Waals surface area contributed by atoms with Gasteiger partial charge in [-0.1, -0.05) is 44.2 Å². The highest BCUT2D eigenvalue weighted by molar-refractivity contribution is 5.94. The number of ether oxygens (including phenoxy) is 1. The SMILES string of the molecule is COc1ccccc1-n1c(C(C)N(CC(C)C)C(=O)c2cccc(C(F)(F)F)c2)nc2ccccc2c1=O. The van der Waals surface area contributed by atoms with Crippen LogP contribution in [0.2, 0.25) is 0 Å². The van der Waals surface area contributed by atoms with Crippen LogP contribution >= 0.6 is 0 Å². The molecule has 0 aliphatic carbocycles. The Morgan fingerprint density at radius 3 is 2.37 bits per heavy atom. The second-order valence-corrected chi connectivity index (χ2v) is 9.41. The van der Waals surface area contributed by atoms with Gasteiger partial charge >= 0.3 is 6.18 Å². The Kier molecular flexibility index (Phi) is 7.57. The maximum atomic E-state index is 13.8. The Morgan fingerprint density at radius 1 is 1.00 bits per heavy atom. The highest BCUT2D eigenvalue weighted by Crippen LogP contribution is 2.32. The predicted molar refractivity (Wildman–Crippen MR) is 140 cm³/mol. The van der Waals surface area contributed by atoms with E-state index in [4.69, 9.17) is 9.72 Å². The number of benzene rings is 3. The van der Waals surface area contributed by atoms with Crippen LogP contribution < -0.4 is 10.3 Å². The van der Waals surface area contributed by atoms with Gasteiger partial charge in [0.2, 0.25) is 0 Å². The topological polar surface area (TPSA) is 64.4 Å². The maximum absolute atomic E-state index is 13.8. The standard InChI is InChI=1S/C29H28F3N3O3/c1-18(2)17-34(27(36)20-10-9-11-21(16-20)29(30,31)32)19(3)26-33-23-13-6-5-12-22(23)28(37)35(26)24-14-7-8-15-25(24)38-4/h5-16,18-19H,17H2,1-4H3. The summed E-state index contributed by atoms with van der Waals surface area (Å²) in [6, 6.07) is 17.4. The molecule has 0 saturated carbocycles. The minimum absolute atomic E-state index is 0.0147. The summed E-state index contributed by atoms with van der Waals surface area (Å²) in [7, 11) is 1.49. The number of alkyl halides is 3. The zero-order valence-corrected chi connectivity index (χ0v) is 21.5. The molecular formula is C29H28F3N3O3. The molecule has 0 aliphatic heterocycles. The highest BCUT2D eigenvalue weighted by atomic mass is 19.4. The smallest absolute Gasteiger partial charge is 0.416 e. The first kappa shape index (κ1) is 26.9. The van der Waals surface area contributed by atoms with Crippen LogP contribution in [0.4, 0.5) is 13.2 Å². The number of para-hydroxylation sites is 3. The van der Waals surface area contributed by atoms with Gasteiger partial charge in [-0.15, -0.1) is 0 Å². The summed E-state index contributed by atoms with van der Waals surface area (Å²) in [5, 5.41) is 0.383. The Bertz CT molecular complexity index is 1530. The van der Waals surface area contributed by atoms with E-state index in [2.05, 4.69) is 0 Å². The van der Waals surface area contributed by atoms with Crippen LogP contribution in [0.3, 0.4) is 0 Å². The van der Waals surface area contributed by atoms with Gasteiger partial charge in [0.05, 0.1) is 35.3 Å². The first-order chi connectivity index (χ1) is 18.0. The van der Waals surface area contributed by atoms with E-state index in [1.807, 2.05) is 13.8 Å². The fourth-order valence-electron chi connectivity index (χ4n) is 4.42. The number of hydrogen-bond donors (Lipinski definition) is 0. The van der Waals surface area contributed by atoms with Gasteiger partial charge < -0.3 is 9.64 Å². The molecule has 198 valence electrons. The van der Waals surface area contributed by atoms with Crippen molar-refractivity contribution in [1.29, 1.82) is 0 Å². The molecular weight excluding hydrogens is 495 g/mol. The van der Waals surface area contributed by atoms with E-state index in [0.29, 0.717) is 22.3 Å². The molecule has 0 fully saturated rings. The molecule has 0 spiro atoms. The Morgan fingerprint density at radius 2 is 1.68 bits per heavy atom. The maximum Gasteiger partial charge on any atom is 0.416 e. The quantitative estimate of drug-likeness (QED) is 0.286. The third-order valence-electron chi connectivity index (χ3n) is 6.23. The molecule has 3 aromatic carbocycles. The van der Waals surface area contributed by atoms with Crippen LogP contribution in [0, 0.1) is 5.92 Å². The van der Waals surface area contributed by atoms with Crippen molar-refractivity contribution in [3.63, 3.8) is 0 Å². The zero-order valence-electron chi connectivity index (χ0n) is 21.5. The lowest BCUT2D eigenvalue weighted by atomic mass is 10.1. The Balaban J connectivity index is 1.93. The average molecular weight is 524 g/mol. The zero-order chi connectivity index (χ0) is 27.6. The number of carbonyl (C=O) groups excluding carboxylic acids is 1. The van der Waals surface area contributed by atoms with E-state index in [-0.39, 0.29) is 29.4 Å². The largest absolute Gasteiger partial charge is 0.495 e. The molecule has 1 amide bonds. The van der Waals surface area contributed by atoms with E-state index < -0.39 is 23.7 Å². The van der Waals surface area contributed by atoms with Gasteiger partial charge in [0.1, 0.15) is 11.6 Å². The molecule has 4 aromatic rings. The number of rotatable bonds is 7. The molecule has 1 heterocycles. The van der Waals surface area contributed by atoms with Crippen molar-refractivity contribution < 1.29 is 22.7 Å². The summed E-state index contributed by atoms with van der Waals surface area (Å²) in [5.41, 5.74) is -0.467. The van der Waals surface area contributed by atoms with Gasteiger partial charge in [0.15, 0.2) is 0 Å². The van der Waals surface area contributed by atoms with Crippen LogP contribution in [0.15, 0.2) is 77.6 Å². The second-order valence-electron chi connectivity index (χ2n) is 9.41. The molecule has 0 saturated heterocycles. The number of nitrogens with zero attached hydrogens (tertiary/aromatic N) is 3. The molecule has 0 radical (unpaired) electrons. The van der Waals surface area contributed by atoms with Crippen LogP contribution in [-0.4, -0.2) is 34.0 Å². The normalized spacial score (nSPS) is 12.5. The summed E-state index contributed by atoms with van der Waals surface area (Å²) in [4.78, 5) is 33.8. The molecule has 4 rings (SSSR count). The molecule has 1 atom stereocenters. The summed E-state index contributed by atoms with van der Waals surface area (Å²) >= 11 is 0. The number of fused-ring (bicyclic) bond motifs is 1. The van der Waals surface area contributed by atoms with Crippen molar-refractivity contribution in [2.24, 2.45) is 5.92 Å². The van der Waals surface area contributed by atoms with Gasteiger partial charge in [-0.25, -0.2) is 4.98 Å². The summed E-state index contributed by atoms with van der Waals surface area (Å²) in [6.07, 6.45) is -4.59. The number of methoxy groups -OCH3 is 1. The molecule has 0 aliphatic rings. The van der Waals surface area contributed by atoms with E-state index in [9.17, 15) is 22.8 Å². The highest BCUT2D eigenvalue weighted by Gasteiger charge is 2.33. The molecule has 0 N–H and O–H groups in total. The third kappa shape index (κ3) is 5.27. The average Bonchev–Trinajstić information content (AvgIpc) is 2.90. The van der Waals surface area contributed by atoms with E-state index >= 15 is 0 Å². The predicted octanol–water partition coefficient (Wildman–Crippen LogP) is 6.27. The summed E-state index contributed by atoms with van der Waals surface area (Å²) in [5.74, 6) is 0.0873. The van der Waals surface area contributed by atoms with Gasteiger partial charge in [-0.05, 0) is 55.3 Å². The van der Waals surface area contributed by atoms with Crippen LogP contribution in [-0.2, 0) is 6.18 Å². The minimum Gasteiger partial charge on any atom is -0.495 e. The van der Waals surface area contributed by atoms with Crippen LogP contribution in [0.1, 0.15) is 48.6 Å². The van der Waals surface area contributed by atoms with Crippen molar-refractivity contribution in [2.45, 2.75) is 33.0 Å². The Hall–Kier alpha value is -4.14. The van der Waals surface area contributed by atoms with E-state index in [0.717, 1.165) is 12.1 Å². The molecule has 0 bridgehead atoms. The molecule has 6 nitrogen and oxygen atoms in total. The molecule has 9 heteroatoms. The van der Waals surface area contributed by atoms with Gasteiger partial charge in [0.25, 0.3) is 11.5 Å². The van der Waals surface area contributed by atoms with Crippen molar-refractivity contribution in [3.8, 4) is 11.4 Å². The van der Waals surface area contributed by atoms with E-state index in [1.54, 1.807) is 55.5 Å². The first-order valence-corrected chi connectivity index (χ1v) is 12.2. The number of hydrogen-bond acceptors (Lipinski definition) is 4. The van der Waals surface area contributed by atoms with Gasteiger partial charge in [-0.3, -0.25) is 14.2 Å². The Labute approximate surface area is 218 Å². The minimum atomic E-state index is -4.59. The lowest BCUT2D eigenvalue weighted by Gasteiger charge is -2.32. The van der Waals surface area contributed by atoms with Gasteiger partial charge in [-0.2, -0.15) is 13.2 Å². The second kappa shape index (κ2) is 10.7. The summed E-state index contributed by atoms with van der Waals surface area (Å²) in [6.45, 7) is 5.75. The first-order valence-electron chi connectivity index (χ1n) is 12.2. The fraction of sp³-hybridized carbons (Fsp3) is 0.276. The van der Waals surface area contributed by atoms with Gasteiger partial charge in [0, 0.05) is 12.1 Å². The molecule has 1 unspecified atom stereocenters. The number of carbonyl (C=O) groups is 1. The van der Waals surface area contributed by atoms with Crippen molar-refractivity contribution in [1.82, 2.24) is 14.5 Å². The van der Waals surface area contributed by atoms with Crippen LogP contribution in [0.5, 0.6) is 5.75 Å². The lowest BCUT2D eigenvalue weighted by Crippen LogP contribution is -2.39. The van der Waals surface area contributed by atoms with Crippen molar-refractivity contribution in [2.75, 3.05) is 13.7 Å². The monoisotopic (exact) mass is 523 g/mol. The van der Waals surface area contributed by atoms with Crippen LogP contribution in [0.25, 0.3) is 16.6 Å². The molecule has 38 heavy (non-hydrogen) atoms. The van der Waals surface area contributed by atoms with Crippen molar-refractivity contribution in [3.05, 3.63) is 100 Å². The summed E-state index contributed by atoms with van der Waals surface area (Å²) < 4.78 is 47.1.